The van der Waals surface area contributed by atoms with Crippen molar-refractivity contribution in [1.82, 2.24) is 4.90 Å². The van der Waals surface area contributed by atoms with Gasteiger partial charge in [-0.25, -0.2) is 0 Å². The lowest BCUT2D eigenvalue weighted by Gasteiger charge is -2.28. The lowest BCUT2D eigenvalue weighted by atomic mass is 10.0. The van der Waals surface area contributed by atoms with Gasteiger partial charge in [-0.3, -0.25) is 4.90 Å². The third-order valence-electron chi connectivity index (χ3n) is 4.85. The number of unbranched alkanes of at least 4 members (excludes halogenated alkanes) is 8. The Bertz CT molecular complexity index is 312. The third-order valence-corrected chi connectivity index (χ3v) is 4.85. The normalized spacial score (nSPS) is 18.4. The van der Waals surface area contributed by atoms with Crippen LogP contribution < -0.4 is 4.90 Å². The summed E-state index contributed by atoms with van der Waals surface area (Å²) in [5.41, 5.74) is 3.23. The van der Waals surface area contributed by atoms with Crippen molar-refractivity contribution in [3.05, 3.63) is 23.8 Å². The van der Waals surface area contributed by atoms with Gasteiger partial charge in [0, 0.05) is 13.5 Å². The van der Waals surface area contributed by atoms with Gasteiger partial charge in [0.1, 0.15) is 11.9 Å². The zero-order valence-electron chi connectivity index (χ0n) is 15.6. The standard InChI is InChI=1S/C20H38N2/c1-5-7-9-11-13-15-19-20(16-14-12-10-8-6-2)22(4)18-17-21(19)3/h17-18H,5-16H2,1-4H3/p+1. The van der Waals surface area contributed by atoms with E-state index >= 15 is 0 Å². The molecule has 2 heteroatoms. The minimum absolute atomic E-state index is 1.26. The fourth-order valence-corrected chi connectivity index (χ4v) is 3.32. The van der Waals surface area contributed by atoms with Gasteiger partial charge in [-0.2, -0.15) is 0 Å². The molecule has 0 saturated heterocycles. The molecule has 0 saturated carbocycles. The predicted molar refractivity (Wildman–Crippen MR) is 97.6 cm³/mol. The molecule has 0 fully saturated rings. The van der Waals surface area contributed by atoms with E-state index in [9.17, 15) is 0 Å². The molecule has 0 bridgehead atoms. The molecule has 0 aromatic rings. The van der Waals surface area contributed by atoms with Crippen LogP contribution in [0.4, 0.5) is 0 Å². The Balaban J connectivity index is 2.48. The van der Waals surface area contributed by atoms with Crippen molar-refractivity contribution in [2.45, 2.75) is 90.9 Å². The first-order valence-electron chi connectivity index (χ1n) is 9.67. The molecule has 0 aromatic heterocycles. The van der Waals surface area contributed by atoms with E-state index in [2.05, 4.69) is 45.2 Å². The van der Waals surface area contributed by atoms with Gasteiger partial charge in [0.2, 0.25) is 0 Å². The number of hydrogen-bond acceptors (Lipinski definition) is 1. The molecule has 22 heavy (non-hydrogen) atoms. The zero-order valence-corrected chi connectivity index (χ0v) is 15.6. The predicted octanol–water partition coefficient (Wildman–Crippen LogP) is 4.85. The van der Waals surface area contributed by atoms with Crippen LogP contribution >= 0.6 is 0 Å². The molecular formula is C20H39N2+. The SMILES string of the molecule is CCCCCCCC1=C(CCCCCCC)[NH+](C)C=CN1C. The highest BCUT2D eigenvalue weighted by molar-refractivity contribution is 5.12. The Labute approximate surface area is 139 Å². The molecule has 0 radical (unpaired) electrons. The molecule has 1 unspecified atom stereocenters. The number of rotatable bonds is 12. The fourth-order valence-electron chi connectivity index (χ4n) is 3.32. The van der Waals surface area contributed by atoms with Crippen molar-refractivity contribution >= 4 is 0 Å². The van der Waals surface area contributed by atoms with Crippen LogP contribution in [0.15, 0.2) is 23.8 Å². The van der Waals surface area contributed by atoms with Crippen molar-refractivity contribution in [3.63, 3.8) is 0 Å². The molecule has 1 N–H and O–H groups in total. The van der Waals surface area contributed by atoms with Gasteiger partial charge in [0.05, 0.1) is 18.9 Å². The van der Waals surface area contributed by atoms with E-state index in [1.54, 1.807) is 11.4 Å². The zero-order chi connectivity index (χ0) is 16.2. The van der Waals surface area contributed by atoms with E-state index in [0.29, 0.717) is 0 Å². The average molecular weight is 308 g/mol. The summed E-state index contributed by atoms with van der Waals surface area (Å²) < 4.78 is 0. The highest BCUT2D eigenvalue weighted by Gasteiger charge is 2.21. The molecule has 1 rings (SSSR count). The largest absolute Gasteiger partial charge is 0.345 e. The number of nitrogens with zero attached hydrogens (tertiary/aromatic N) is 1. The molecule has 1 heterocycles. The maximum absolute atomic E-state index is 2.37. The van der Waals surface area contributed by atoms with Crippen LogP contribution in [0.3, 0.4) is 0 Å². The fraction of sp³-hybridized carbons (Fsp3) is 0.800. The Morgan fingerprint density at radius 2 is 1.36 bits per heavy atom. The Morgan fingerprint density at radius 1 is 0.818 bits per heavy atom. The second-order valence-electron chi connectivity index (χ2n) is 6.86. The van der Waals surface area contributed by atoms with E-state index in [4.69, 9.17) is 0 Å². The minimum Gasteiger partial charge on any atom is -0.345 e. The quantitative estimate of drug-likeness (QED) is 0.506. The van der Waals surface area contributed by atoms with Gasteiger partial charge in [-0.05, 0) is 19.3 Å². The van der Waals surface area contributed by atoms with E-state index < -0.39 is 0 Å². The highest BCUT2D eigenvalue weighted by Crippen LogP contribution is 2.21. The Morgan fingerprint density at radius 3 is 1.95 bits per heavy atom. The van der Waals surface area contributed by atoms with Crippen LogP contribution in [0, 0.1) is 0 Å². The molecule has 2 nitrogen and oxygen atoms in total. The van der Waals surface area contributed by atoms with E-state index in [1.807, 2.05) is 0 Å². The van der Waals surface area contributed by atoms with Crippen molar-refractivity contribution in [3.8, 4) is 0 Å². The van der Waals surface area contributed by atoms with Gasteiger partial charge in [-0.1, -0.05) is 65.2 Å². The lowest BCUT2D eigenvalue weighted by molar-refractivity contribution is -0.786. The molecule has 0 aliphatic carbocycles. The summed E-state index contributed by atoms with van der Waals surface area (Å²) in [5, 5.41) is 0. The van der Waals surface area contributed by atoms with Gasteiger partial charge in [-0.15, -0.1) is 0 Å². The average Bonchev–Trinajstić information content (AvgIpc) is 2.52. The lowest BCUT2D eigenvalue weighted by Crippen LogP contribution is -3.03. The maximum Gasteiger partial charge on any atom is 0.131 e. The first-order valence-corrected chi connectivity index (χ1v) is 9.67. The first kappa shape index (κ1) is 19.3. The summed E-state index contributed by atoms with van der Waals surface area (Å²) in [4.78, 5) is 3.87. The van der Waals surface area contributed by atoms with Crippen LogP contribution in [-0.4, -0.2) is 19.0 Å². The molecule has 1 aliphatic rings. The van der Waals surface area contributed by atoms with E-state index in [-0.39, 0.29) is 0 Å². The van der Waals surface area contributed by atoms with Crippen LogP contribution in [-0.2, 0) is 0 Å². The Hall–Kier alpha value is -0.760. The molecule has 0 spiro atoms. The Kier molecular flexibility index (Phi) is 10.3. The van der Waals surface area contributed by atoms with Crippen LogP contribution in [0.2, 0.25) is 0 Å². The van der Waals surface area contributed by atoms with Crippen molar-refractivity contribution in [2.24, 2.45) is 0 Å². The molecule has 1 atom stereocenters. The highest BCUT2D eigenvalue weighted by atomic mass is 15.2. The number of hydrogen-bond donors (Lipinski definition) is 1. The van der Waals surface area contributed by atoms with E-state index in [1.165, 1.54) is 81.9 Å². The summed E-state index contributed by atoms with van der Waals surface area (Å²) >= 11 is 0. The van der Waals surface area contributed by atoms with Crippen molar-refractivity contribution < 1.29 is 4.90 Å². The van der Waals surface area contributed by atoms with E-state index in [0.717, 1.165) is 0 Å². The van der Waals surface area contributed by atoms with Crippen LogP contribution in [0.25, 0.3) is 0 Å². The summed E-state index contributed by atoms with van der Waals surface area (Å²) in [7, 11) is 4.52. The monoisotopic (exact) mass is 307 g/mol. The van der Waals surface area contributed by atoms with Gasteiger partial charge in [0.25, 0.3) is 0 Å². The molecule has 0 amide bonds. The van der Waals surface area contributed by atoms with Crippen molar-refractivity contribution in [1.29, 1.82) is 0 Å². The summed E-state index contributed by atoms with van der Waals surface area (Å²) in [6, 6.07) is 0. The summed E-state index contributed by atoms with van der Waals surface area (Å²) in [6.07, 6.45) is 20.8. The molecule has 128 valence electrons. The summed E-state index contributed by atoms with van der Waals surface area (Å²) in [6.45, 7) is 4.58. The van der Waals surface area contributed by atoms with Gasteiger partial charge >= 0.3 is 0 Å². The van der Waals surface area contributed by atoms with Crippen molar-refractivity contribution in [2.75, 3.05) is 14.1 Å². The first-order chi connectivity index (χ1) is 10.7. The number of allylic oxidation sites excluding steroid dienone is 2. The third kappa shape index (κ3) is 7.00. The smallest absolute Gasteiger partial charge is 0.131 e. The topological polar surface area (TPSA) is 7.68 Å². The maximum atomic E-state index is 2.37. The molecule has 1 aliphatic heterocycles. The second kappa shape index (κ2) is 11.8. The van der Waals surface area contributed by atoms with Crippen LogP contribution in [0.5, 0.6) is 0 Å². The molecular weight excluding hydrogens is 268 g/mol. The van der Waals surface area contributed by atoms with Crippen LogP contribution in [0.1, 0.15) is 90.9 Å². The number of nitrogens with one attached hydrogen (secondary N) is 1. The van der Waals surface area contributed by atoms with Gasteiger partial charge < -0.3 is 4.90 Å². The van der Waals surface area contributed by atoms with Gasteiger partial charge in [0.15, 0.2) is 0 Å². The number of quaternary nitrogens is 1. The summed E-state index contributed by atoms with van der Waals surface area (Å²) in [5.74, 6) is 0. The minimum atomic E-state index is 1.26. The molecule has 0 aromatic carbocycles. The second-order valence-corrected chi connectivity index (χ2v) is 6.86.